The summed E-state index contributed by atoms with van der Waals surface area (Å²) in [5, 5.41) is 9.56. The first-order valence-electron chi connectivity index (χ1n) is 3.43. The van der Waals surface area contributed by atoms with Gasteiger partial charge in [0, 0.05) is 12.5 Å². The van der Waals surface area contributed by atoms with Gasteiger partial charge in [0.15, 0.2) is 0 Å². The zero-order valence-electron chi connectivity index (χ0n) is 6.05. The zero-order valence-corrected chi connectivity index (χ0v) is 6.05. The van der Waals surface area contributed by atoms with E-state index in [1.807, 2.05) is 13.8 Å². The van der Waals surface area contributed by atoms with Crippen LogP contribution in [-0.2, 0) is 4.74 Å². The van der Waals surface area contributed by atoms with Crippen molar-refractivity contribution in [1.29, 1.82) is 0 Å². The van der Waals surface area contributed by atoms with Crippen LogP contribution >= 0.6 is 0 Å². The third kappa shape index (κ3) is 1.43. The number of aliphatic hydroxyl groups is 1. The normalized spacial score (nSPS) is 45.0. The minimum atomic E-state index is -0.488. The average Bonchev–Trinajstić information content (AvgIpc) is 1.77. The molecule has 0 bridgehead atoms. The van der Waals surface area contributed by atoms with Gasteiger partial charge in [0.25, 0.3) is 0 Å². The van der Waals surface area contributed by atoms with Gasteiger partial charge in [-0.2, -0.15) is 0 Å². The van der Waals surface area contributed by atoms with Crippen LogP contribution in [0.2, 0.25) is 0 Å². The molecule has 1 aliphatic heterocycles. The molecule has 0 spiro atoms. The Morgan fingerprint density at radius 2 is 2.33 bits per heavy atom. The molecular weight excluding hydrogens is 116 g/mol. The highest BCUT2D eigenvalue weighted by molar-refractivity contribution is 4.81. The Morgan fingerprint density at radius 1 is 1.67 bits per heavy atom. The van der Waals surface area contributed by atoms with Crippen LogP contribution in [0.15, 0.2) is 0 Å². The van der Waals surface area contributed by atoms with Crippen molar-refractivity contribution in [3.8, 4) is 0 Å². The van der Waals surface area contributed by atoms with Crippen molar-refractivity contribution in [3.05, 3.63) is 0 Å². The van der Waals surface area contributed by atoms with Gasteiger partial charge in [0.05, 0.1) is 12.2 Å². The van der Waals surface area contributed by atoms with Crippen molar-refractivity contribution < 1.29 is 9.84 Å². The van der Waals surface area contributed by atoms with Crippen molar-refractivity contribution in [1.82, 2.24) is 0 Å². The highest BCUT2D eigenvalue weighted by Crippen LogP contribution is 2.24. The molecule has 0 aromatic carbocycles. The zero-order chi connectivity index (χ0) is 6.91. The number of rotatable bonds is 0. The van der Waals surface area contributed by atoms with Gasteiger partial charge >= 0.3 is 0 Å². The van der Waals surface area contributed by atoms with Crippen LogP contribution in [0.25, 0.3) is 0 Å². The van der Waals surface area contributed by atoms with Crippen molar-refractivity contribution in [2.24, 2.45) is 5.92 Å². The Hall–Kier alpha value is -0.0800. The second-order valence-corrected chi connectivity index (χ2v) is 3.08. The molecule has 9 heavy (non-hydrogen) atoms. The molecule has 0 aliphatic carbocycles. The molecule has 0 unspecified atom stereocenters. The predicted octanol–water partition coefficient (Wildman–Crippen LogP) is 0.794. The summed E-state index contributed by atoms with van der Waals surface area (Å²) in [6, 6.07) is 0. The molecule has 2 atom stereocenters. The van der Waals surface area contributed by atoms with Crippen molar-refractivity contribution >= 4 is 0 Å². The van der Waals surface area contributed by atoms with E-state index in [0.717, 1.165) is 6.42 Å². The lowest BCUT2D eigenvalue weighted by Gasteiger charge is -2.34. The molecule has 0 aromatic rings. The first kappa shape index (κ1) is 7.03. The van der Waals surface area contributed by atoms with Crippen LogP contribution in [0.5, 0.6) is 0 Å². The van der Waals surface area contributed by atoms with Gasteiger partial charge in [0.1, 0.15) is 0 Å². The fraction of sp³-hybridized carbons (Fsp3) is 1.00. The fourth-order valence-corrected chi connectivity index (χ4v) is 0.965. The van der Waals surface area contributed by atoms with E-state index in [1.165, 1.54) is 0 Å². The summed E-state index contributed by atoms with van der Waals surface area (Å²) in [5.41, 5.74) is -0.488. The molecule has 0 aromatic heterocycles. The summed E-state index contributed by atoms with van der Waals surface area (Å²) in [7, 11) is 0. The van der Waals surface area contributed by atoms with E-state index < -0.39 is 5.60 Å². The molecule has 0 amide bonds. The van der Waals surface area contributed by atoms with E-state index in [2.05, 4.69) is 0 Å². The number of hydrogen-bond acceptors (Lipinski definition) is 2. The van der Waals surface area contributed by atoms with Gasteiger partial charge in [-0.1, -0.05) is 6.92 Å². The van der Waals surface area contributed by atoms with Gasteiger partial charge in [-0.25, -0.2) is 0 Å². The summed E-state index contributed by atoms with van der Waals surface area (Å²) < 4.78 is 5.16. The summed E-state index contributed by atoms with van der Waals surface area (Å²) in [4.78, 5) is 0. The first-order valence-corrected chi connectivity index (χ1v) is 3.43. The standard InChI is InChI=1S/C7H14O2/c1-6-5-9-4-3-7(6,2)8/h6,8H,3-5H2,1-2H3/t6-,7+/m1/s1. The van der Waals surface area contributed by atoms with Crippen LogP contribution in [0.3, 0.4) is 0 Å². The molecule has 1 fully saturated rings. The predicted molar refractivity (Wildman–Crippen MR) is 35.2 cm³/mol. The van der Waals surface area contributed by atoms with E-state index in [9.17, 15) is 5.11 Å². The van der Waals surface area contributed by atoms with Crippen molar-refractivity contribution in [3.63, 3.8) is 0 Å². The fourth-order valence-electron chi connectivity index (χ4n) is 0.965. The number of hydrogen-bond donors (Lipinski definition) is 1. The molecule has 54 valence electrons. The van der Waals surface area contributed by atoms with Crippen LogP contribution in [0.1, 0.15) is 20.3 Å². The van der Waals surface area contributed by atoms with E-state index in [1.54, 1.807) is 0 Å². The summed E-state index contributed by atoms with van der Waals surface area (Å²) >= 11 is 0. The smallest absolute Gasteiger partial charge is 0.0689 e. The van der Waals surface area contributed by atoms with Crippen LogP contribution in [0.4, 0.5) is 0 Å². The third-order valence-electron chi connectivity index (χ3n) is 2.18. The van der Waals surface area contributed by atoms with Gasteiger partial charge < -0.3 is 9.84 Å². The first-order chi connectivity index (χ1) is 4.13. The monoisotopic (exact) mass is 130 g/mol. The highest BCUT2D eigenvalue weighted by atomic mass is 16.5. The molecule has 1 aliphatic rings. The summed E-state index contributed by atoms with van der Waals surface area (Å²) in [6.07, 6.45) is 0.772. The molecule has 0 radical (unpaired) electrons. The quantitative estimate of drug-likeness (QED) is 0.525. The van der Waals surface area contributed by atoms with E-state index in [-0.39, 0.29) is 5.92 Å². The minimum Gasteiger partial charge on any atom is -0.390 e. The van der Waals surface area contributed by atoms with Gasteiger partial charge in [-0.05, 0) is 13.3 Å². The number of ether oxygens (including phenoxy) is 1. The van der Waals surface area contributed by atoms with Gasteiger partial charge in [-0.15, -0.1) is 0 Å². The molecule has 1 N–H and O–H groups in total. The molecule has 2 heteroatoms. The van der Waals surface area contributed by atoms with Crippen LogP contribution in [0, 0.1) is 5.92 Å². The largest absolute Gasteiger partial charge is 0.390 e. The highest BCUT2D eigenvalue weighted by Gasteiger charge is 2.31. The molecule has 0 saturated carbocycles. The maximum atomic E-state index is 9.56. The van der Waals surface area contributed by atoms with Crippen LogP contribution in [-0.4, -0.2) is 23.9 Å². The molecular formula is C7H14O2. The lowest BCUT2D eigenvalue weighted by Crippen LogP contribution is -2.40. The van der Waals surface area contributed by atoms with Crippen molar-refractivity contribution in [2.75, 3.05) is 13.2 Å². The minimum absolute atomic E-state index is 0.284. The molecule has 1 rings (SSSR count). The maximum Gasteiger partial charge on any atom is 0.0689 e. The van der Waals surface area contributed by atoms with Gasteiger partial charge in [-0.3, -0.25) is 0 Å². The molecule has 2 nitrogen and oxygen atoms in total. The van der Waals surface area contributed by atoms with Crippen LogP contribution < -0.4 is 0 Å². The van der Waals surface area contributed by atoms with Crippen molar-refractivity contribution in [2.45, 2.75) is 25.9 Å². The second kappa shape index (κ2) is 2.27. The Labute approximate surface area is 55.8 Å². The Morgan fingerprint density at radius 3 is 2.67 bits per heavy atom. The molecule has 1 heterocycles. The topological polar surface area (TPSA) is 29.5 Å². The lowest BCUT2D eigenvalue weighted by molar-refractivity contribution is -0.0938. The third-order valence-corrected chi connectivity index (χ3v) is 2.18. The Balaban J connectivity index is 2.49. The molecule has 1 saturated heterocycles. The van der Waals surface area contributed by atoms with E-state index in [4.69, 9.17) is 4.74 Å². The Bertz CT molecular complexity index is 99.1. The second-order valence-electron chi connectivity index (χ2n) is 3.08. The summed E-state index contributed by atoms with van der Waals surface area (Å²) in [5.74, 6) is 0.284. The SMILES string of the molecule is C[C@@H]1COCC[C@]1(C)O. The van der Waals surface area contributed by atoms with E-state index >= 15 is 0 Å². The maximum absolute atomic E-state index is 9.56. The lowest BCUT2D eigenvalue weighted by atomic mass is 9.87. The Kier molecular flexibility index (Phi) is 1.78. The van der Waals surface area contributed by atoms with Gasteiger partial charge in [0.2, 0.25) is 0 Å². The average molecular weight is 130 g/mol. The summed E-state index contributed by atoms with van der Waals surface area (Å²) in [6.45, 7) is 5.30. The van der Waals surface area contributed by atoms with E-state index in [0.29, 0.717) is 13.2 Å².